The van der Waals surface area contributed by atoms with E-state index in [9.17, 15) is 19.2 Å². The molecule has 2 heterocycles. The zero-order chi connectivity index (χ0) is 26.6. The van der Waals surface area contributed by atoms with Crippen LogP contribution in [0.5, 0.6) is 0 Å². The molecular formula is C30H33N3O5. The van der Waals surface area contributed by atoms with E-state index in [0.29, 0.717) is 37.5 Å². The first-order valence-corrected chi connectivity index (χ1v) is 13.5. The maximum atomic E-state index is 13.9. The summed E-state index contributed by atoms with van der Waals surface area (Å²) in [7, 11) is 0. The molecule has 198 valence electrons. The van der Waals surface area contributed by atoms with E-state index >= 15 is 0 Å². The highest BCUT2D eigenvalue weighted by molar-refractivity contribution is 6.06. The maximum Gasteiger partial charge on any atom is 0.418 e. The van der Waals surface area contributed by atoms with E-state index in [1.807, 2.05) is 61.5 Å². The van der Waals surface area contributed by atoms with Crippen LogP contribution in [0, 0.1) is 11.8 Å². The lowest BCUT2D eigenvalue weighted by Crippen LogP contribution is -2.51. The van der Waals surface area contributed by atoms with Crippen LogP contribution >= 0.6 is 0 Å². The van der Waals surface area contributed by atoms with E-state index in [1.54, 1.807) is 16.7 Å². The summed E-state index contributed by atoms with van der Waals surface area (Å²) in [6.07, 6.45) is 1.73. The van der Waals surface area contributed by atoms with Crippen molar-refractivity contribution in [1.29, 1.82) is 0 Å². The number of ether oxygens (including phenoxy) is 1. The molecule has 0 radical (unpaired) electrons. The van der Waals surface area contributed by atoms with Gasteiger partial charge in [0.05, 0.1) is 0 Å². The number of fused-ring (bicyclic) bond motifs is 2. The molecule has 2 aliphatic carbocycles. The van der Waals surface area contributed by atoms with Crippen molar-refractivity contribution < 1.29 is 23.9 Å². The maximum absolute atomic E-state index is 13.9. The number of imide groups is 1. The fourth-order valence-corrected chi connectivity index (χ4v) is 6.45. The Morgan fingerprint density at radius 1 is 1.05 bits per heavy atom. The summed E-state index contributed by atoms with van der Waals surface area (Å²) in [6, 6.07) is 17.4. The van der Waals surface area contributed by atoms with Gasteiger partial charge in [0.1, 0.15) is 6.54 Å². The Morgan fingerprint density at radius 2 is 1.74 bits per heavy atom. The summed E-state index contributed by atoms with van der Waals surface area (Å²) in [5, 5.41) is 0. The molecule has 6 rings (SSSR count). The lowest BCUT2D eigenvalue weighted by atomic mass is 9.81. The molecule has 1 unspecified atom stereocenters. The van der Waals surface area contributed by atoms with Crippen LogP contribution in [0.25, 0.3) is 0 Å². The summed E-state index contributed by atoms with van der Waals surface area (Å²) < 4.78 is 5.89. The number of benzene rings is 2. The van der Waals surface area contributed by atoms with Crippen molar-refractivity contribution >= 4 is 23.8 Å². The monoisotopic (exact) mass is 515 g/mol. The van der Waals surface area contributed by atoms with E-state index in [-0.39, 0.29) is 36.2 Å². The predicted octanol–water partition coefficient (Wildman–Crippen LogP) is 3.65. The standard InChI is InChI=1S/C30H33N3O5/c1-19(22-12-13-22)32(15-21-8-4-3-5-9-21)27(35)18-33-28(36)30(38-29(33)37)14-25(23-16-31(17-23)20(2)34)24-10-6-7-11-26(24)30/h3-11,19,22-23,25H,12-18H2,1-2H3/t19-,25?,30+/m0/s1. The molecule has 0 bridgehead atoms. The molecule has 4 amide bonds. The van der Waals surface area contributed by atoms with Gasteiger partial charge in [0, 0.05) is 50.5 Å². The number of amides is 4. The van der Waals surface area contributed by atoms with Gasteiger partial charge in [-0.05, 0) is 42.7 Å². The van der Waals surface area contributed by atoms with Gasteiger partial charge in [-0.3, -0.25) is 14.4 Å². The summed E-state index contributed by atoms with van der Waals surface area (Å²) >= 11 is 0. The molecule has 4 aliphatic rings. The van der Waals surface area contributed by atoms with Gasteiger partial charge in [-0.15, -0.1) is 0 Å². The quantitative estimate of drug-likeness (QED) is 0.562. The van der Waals surface area contributed by atoms with Crippen molar-refractivity contribution in [2.24, 2.45) is 11.8 Å². The molecule has 2 aromatic rings. The zero-order valence-electron chi connectivity index (χ0n) is 21.8. The van der Waals surface area contributed by atoms with Crippen LogP contribution < -0.4 is 0 Å². The van der Waals surface area contributed by atoms with Crippen LogP contribution in [-0.2, 0) is 31.3 Å². The molecule has 0 N–H and O–H groups in total. The number of hydrogen-bond donors (Lipinski definition) is 0. The Hall–Kier alpha value is -3.68. The van der Waals surface area contributed by atoms with Crippen LogP contribution in [0.2, 0.25) is 0 Å². The van der Waals surface area contributed by atoms with E-state index in [2.05, 4.69) is 0 Å². The first-order valence-electron chi connectivity index (χ1n) is 13.5. The molecular weight excluding hydrogens is 482 g/mol. The van der Waals surface area contributed by atoms with Crippen molar-refractivity contribution in [1.82, 2.24) is 14.7 Å². The van der Waals surface area contributed by atoms with Crippen molar-refractivity contribution in [2.45, 2.75) is 57.2 Å². The smallest absolute Gasteiger partial charge is 0.418 e. The van der Waals surface area contributed by atoms with Gasteiger partial charge in [0.25, 0.3) is 5.91 Å². The molecule has 1 saturated carbocycles. The van der Waals surface area contributed by atoms with E-state index < -0.39 is 17.6 Å². The van der Waals surface area contributed by atoms with Gasteiger partial charge in [-0.2, -0.15) is 0 Å². The minimum absolute atomic E-state index is 0.00123. The van der Waals surface area contributed by atoms with Gasteiger partial charge in [-0.25, -0.2) is 9.69 Å². The Balaban J connectivity index is 1.23. The summed E-state index contributed by atoms with van der Waals surface area (Å²) in [5.74, 6) is -0.0478. The molecule has 2 aliphatic heterocycles. The van der Waals surface area contributed by atoms with Crippen molar-refractivity contribution in [3.05, 3.63) is 71.3 Å². The summed E-state index contributed by atoms with van der Waals surface area (Å²) in [6.45, 7) is 4.95. The largest absolute Gasteiger partial charge is 0.427 e. The number of rotatable bonds is 7. The second-order valence-corrected chi connectivity index (χ2v) is 11.3. The highest BCUT2D eigenvalue weighted by Crippen LogP contribution is 2.54. The second kappa shape index (κ2) is 9.26. The molecule has 8 heteroatoms. The highest BCUT2D eigenvalue weighted by atomic mass is 16.6. The topological polar surface area (TPSA) is 87.2 Å². The van der Waals surface area contributed by atoms with Gasteiger partial charge >= 0.3 is 6.09 Å². The van der Waals surface area contributed by atoms with Crippen molar-refractivity contribution in [3.8, 4) is 0 Å². The minimum Gasteiger partial charge on any atom is -0.427 e. The Bertz CT molecular complexity index is 1290. The second-order valence-electron chi connectivity index (χ2n) is 11.3. The molecule has 3 fully saturated rings. The summed E-state index contributed by atoms with van der Waals surface area (Å²) in [5.41, 5.74) is 1.28. The number of carbonyl (C=O) groups excluding carboxylic acids is 4. The number of likely N-dealkylation sites (tertiary alicyclic amines) is 1. The molecule has 38 heavy (non-hydrogen) atoms. The fraction of sp³-hybridized carbons (Fsp3) is 0.467. The SMILES string of the molecule is CC(=O)N1CC(C2C[C@@]3(OC(=O)N(CC(=O)N(Cc4ccccc4)[C@@H](C)C4CC4)C3=O)c3ccccc32)C1. The van der Waals surface area contributed by atoms with Gasteiger partial charge in [0.15, 0.2) is 0 Å². The fourth-order valence-electron chi connectivity index (χ4n) is 6.45. The first-order chi connectivity index (χ1) is 18.3. The Kier molecular flexibility index (Phi) is 6.00. The molecule has 2 saturated heterocycles. The van der Waals surface area contributed by atoms with Gasteiger partial charge < -0.3 is 14.5 Å². The minimum atomic E-state index is -1.42. The van der Waals surface area contributed by atoms with Crippen LogP contribution in [0.3, 0.4) is 0 Å². The number of carbonyl (C=O) groups is 4. The third-order valence-corrected chi connectivity index (χ3v) is 8.90. The molecule has 3 atom stereocenters. The molecule has 2 aromatic carbocycles. The predicted molar refractivity (Wildman–Crippen MR) is 139 cm³/mol. The third-order valence-electron chi connectivity index (χ3n) is 8.90. The zero-order valence-corrected chi connectivity index (χ0v) is 21.8. The Labute approximate surface area is 222 Å². The van der Waals surface area contributed by atoms with E-state index in [4.69, 9.17) is 4.74 Å². The number of hydrogen-bond acceptors (Lipinski definition) is 5. The molecule has 1 spiro atoms. The van der Waals surface area contributed by atoms with Crippen molar-refractivity contribution in [2.75, 3.05) is 19.6 Å². The molecule has 8 nitrogen and oxygen atoms in total. The van der Waals surface area contributed by atoms with E-state index in [0.717, 1.165) is 28.9 Å². The third kappa shape index (κ3) is 4.06. The highest BCUT2D eigenvalue weighted by Gasteiger charge is 2.62. The van der Waals surface area contributed by atoms with Crippen LogP contribution in [0.15, 0.2) is 54.6 Å². The summed E-state index contributed by atoms with van der Waals surface area (Å²) in [4.78, 5) is 57.0. The van der Waals surface area contributed by atoms with Gasteiger partial charge in [-0.1, -0.05) is 54.6 Å². The van der Waals surface area contributed by atoms with Crippen LogP contribution in [0.4, 0.5) is 4.79 Å². The number of nitrogens with zero attached hydrogens (tertiary/aromatic N) is 3. The van der Waals surface area contributed by atoms with Crippen LogP contribution in [0.1, 0.15) is 55.7 Å². The van der Waals surface area contributed by atoms with Crippen molar-refractivity contribution in [3.63, 3.8) is 0 Å². The lowest BCUT2D eigenvalue weighted by molar-refractivity contribution is -0.143. The van der Waals surface area contributed by atoms with Gasteiger partial charge in [0.2, 0.25) is 17.4 Å². The average Bonchev–Trinajstić information content (AvgIpc) is 3.65. The Morgan fingerprint density at radius 3 is 2.42 bits per heavy atom. The van der Waals surface area contributed by atoms with Crippen LogP contribution in [-0.4, -0.2) is 64.2 Å². The molecule has 0 aromatic heterocycles. The van der Waals surface area contributed by atoms with E-state index in [1.165, 1.54) is 0 Å². The normalized spacial score (nSPS) is 25.3. The average molecular weight is 516 g/mol. The first kappa shape index (κ1) is 24.6. The lowest BCUT2D eigenvalue weighted by Gasteiger charge is -2.42.